The zero-order chi connectivity index (χ0) is 13.5. The summed E-state index contributed by atoms with van der Waals surface area (Å²) in [7, 11) is 4.07. The monoisotopic (exact) mass is 250 g/mol. The van der Waals surface area contributed by atoms with Crippen LogP contribution in [0.4, 0.5) is 5.69 Å². The van der Waals surface area contributed by atoms with Crippen LogP contribution in [0.15, 0.2) is 24.3 Å². The van der Waals surface area contributed by atoms with Gasteiger partial charge >= 0.3 is 0 Å². The predicted octanol–water partition coefficient (Wildman–Crippen LogP) is 2.77. The molecule has 0 aliphatic heterocycles. The molecule has 18 heavy (non-hydrogen) atoms. The van der Waals surface area contributed by atoms with Crippen molar-refractivity contribution in [2.75, 3.05) is 32.1 Å². The molecule has 0 saturated heterocycles. The molecule has 1 N–H and O–H groups in total. The van der Waals surface area contributed by atoms with Crippen molar-refractivity contribution < 1.29 is 4.74 Å². The van der Waals surface area contributed by atoms with Crippen molar-refractivity contribution in [2.24, 2.45) is 5.92 Å². The molecule has 1 unspecified atom stereocenters. The van der Waals surface area contributed by atoms with E-state index in [1.165, 1.54) is 5.69 Å². The summed E-state index contributed by atoms with van der Waals surface area (Å²) in [6.45, 7) is 8.26. The Morgan fingerprint density at radius 1 is 1.22 bits per heavy atom. The molecule has 1 aromatic rings. The first-order chi connectivity index (χ1) is 8.49. The fraction of sp³-hybridized carbons (Fsp3) is 0.600. The lowest BCUT2D eigenvalue weighted by molar-refractivity contribution is 0.253. The van der Waals surface area contributed by atoms with Gasteiger partial charge in [0.05, 0.1) is 6.61 Å². The van der Waals surface area contributed by atoms with Gasteiger partial charge in [0.15, 0.2) is 0 Å². The van der Waals surface area contributed by atoms with Crippen molar-refractivity contribution in [1.29, 1.82) is 0 Å². The van der Waals surface area contributed by atoms with E-state index in [1.807, 2.05) is 26.2 Å². The highest BCUT2D eigenvalue weighted by Crippen LogP contribution is 2.19. The molecule has 0 fully saturated rings. The molecule has 3 nitrogen and oxygen atoms in total. The maximum Gasteiger partial charge on any atom is 0.121 e. The van der Waals surface area contributed by atoms with Crippen LogP contribution in [-0.4, -0.2) is 33.3 Å². The van der Waals surface area contributed by atoms with Crippen molar-refractivity contribution in [3.63, 3.8) is 0 Å². The van der Waals surface area contributed by atoms with E-state index in [9.17, 15) is 0 Å². The third-order valence-corrected chi connectivity index (χ3v) is 2.74. The predicted molar refractivity (Wildman–Crippen MR) is 78.6 cm³/mol. The number of anilines is 1. The third kappa shape index (κ3) is 5.41. The minimum atomic E-state index is 0.510. The van der Waals surface area contributed by atoms with Crippen molar-refractivity contribution in [3.05, 3.63) is 24.3 Å². The molecule has 0 aliphatic carbocycles. The van der Waals surface area contributed by atoms with Crippen molar-refractivity contribution >= 4 is 5.69 Å². The number of nitrogens with one attached hydrogen (secondary N) is 1. The minimum absolute atomic E-state index is 0.510. The summed E-state index contributed by atoms with van der Waals surface area (Å²) >= 11 is 0. The molecule has 0 bridgehead atoms. The normalized spacial score (nSPS) is 12.6. The van der Waals surface area contributed by atoms with Gasteiger partial charge in [-0.1, -0.05) is 26.8 Å². The van der Waals surface area contributed by atoms with E-state index in [0.29, 0.717) is 12.0 Å². The molecular weight excluding hydrogens is 224 g/mol. The van der Waals surface area contributed by atoms with Crippen LogP contribution in [0.5, 0.6) is 5.75 Å². The molecule has 3 heteroatoms. The van der Waals surface area contributed by atoms with Gasteiger partial charge in [-0.25, -0.2) is 0 Å². The van der Waals surface area contributed by atoms with Gasteiger partial charge in [0, 0.05) is 44.4 Å². The Kier molecular flexibility index (Phi) is 5.99. The highest BCUT2D eigenvalue weighted by atomic mass is 16.5. The summed E-state index contributed by atoms with van der Waals surface area (Å²) in [5.41, 5.74) is 1.17. The van der Waals surface area contributed by atoms with Gasteiger partial charge in [0.25, 0.3) is 0 Å². The van der Waals surface area contributed by atoms with Gasteiger partial charge in [-0.15, -0.1) is 0 Å². The molecule has 0 amide bonds. The maximum absolute atomic E-state index is 5.82. The van der Waals surface area contributed by atoms with E-state index in [1.54, 1.807) is 0 Å². The zero-order valence-electron chi connectivity index (χ0n) is 12.2. The number of hydrogen-bond donors (Lipinski definition) is 1. The van der Waals surface area contributed by atoms with Crippen LogP contribution < -0.4 is 15.0 Å². The second-order valence-corrected chi connectivity index (χ2v) is 5.37. The number of rotatable bonds is 7. The van der Waals surface area contributed by atoms with E-state index in [-0.39, 0.29) is 0 Å². The standard InChI is InChI=1S/C15H26N2O/c1-12(2)16-10-13(3)11-18-15-8-6-7-14(9-15)17(4)5/h6-9,12-13,16H,10-11H2,1-5H3. The zero-order valence-corrected chi connectivity index (χ0v) is 12.2. The first-order valence-corrected chi connectivity index (χ1v) is 6.62. The van der Waals surface area contributed by atoms with E-state index in [4.69, 9.17) is 4.74 Å². The summed E-state index contributed by atoms with van der Waals surface area (Å²) in [6.07, 6.45) is 0. The van der Waals surface area contributed by atoms with Crippen LogP contribution in [0.3, 0.4) is 0 Å². The van der Waals surface area contributed by atoms with Crippen molar-refractivity contribution in [2.45, 2.75) is 26.8 Å². The molecule has 1 rings (SSSR count). The van der Waals surface area contributed by atoms with Crippen LogP contribution in [-0.2, 0) is 0 Å². The number of hydrogen-bond acceptors (Lipinski definition) is 3. The Hall–Kier alpha value is -1.22. The fourth-order valence-electron chi connectivity index (χ4n) is 1.59. The highest BCUT2D eigenvalue weighted by Gasteiger charge is 2.05. The molecule has 0 radical (unpaired) electrons. The van der Waals surface area contributed by atoms with Crippen LogP contribution in [0, 0.1) is 5.92 Å². The lowest BCUT2D eigenvalue weighted by Crippen LogP contribution is -2.30. The quantitative estimate of drug-likeness (QED) is 0.805. The summed E-state index contributed by atoms with van der Waals surface area (Å²) in [5, 5.41) is 3.42. The number of nitrogens with zero attached hydrogens (tertiary/aromatic N) is 1. The Labute approximate surface area is 111 Å². The second kappa shape index (κ2) is 7.27. The Morgan fingerprint density at radius 3 is 2.56 bits per heavy atom. The summed E-state index contributed by atoms with van der Waals surface area (Å²) in [6, 6.07) is 8.72. The molecule has 0 aliphatic rings. The molecule has 0 heterocycles. The highest BCUT2D eigenvalue weighted by molar-refractivity contribution is 5.49. The van der Waals surface area contributed by atoms with Gasteiger partial charge < -0.3 is 15.0 Å². The van der Waals surface area contributed by atoms with Gasteiger partial charge in [0.1, 0.15) is 5.75 Å². The number of ether oxygens (including phenoxy) is 1. The summed E-state index contributed by atoms with van der Waals surface area (Å²) in [4.78, 5) is 2.08. The molecule has 1 aromatic carbocycles. The van der Waals surface area contributed by atoms with Gasteiger partial charge in [-0.05, 0) is 12.1 Å². The second-order valence-electron chi connectivity index (χ2n) is 5.37. The SMILES string of the molecule is CC(CNC(C)C)COc1cccc(N(C)C)c1. The van der Waals surface area contributed by atoms with Crippen LogP contribution in [0.1, 0.15) is 20.8 Å². The van der Waals surface area contributed by atoms with Crippen LogP contribution in [0.2, 0.25) is 0 Å². The lowest BCUT2D eigenvalue weighted by Gasteiger charge is -2.17. The summed E-state index contributed by atoms with van der Waals surface area (Å²) in [5.74, 6) is 1.45. The Morgan fingerprint density at radius 2 is 1.94 bits per heavy atom. The van der Waals surface area contributed by atoms with Crippen LogP contribution in [0.25, 0.3) is 0 Å². The topological polar surface area (TPSA) is 24.5 Å². The van der Waals surface area contributed by atoms with Crippen molar-refractivity contribution in [1.82, 2.24) is 5.32 Å². The first-order valence-electron chi connectivity index (χ1n) is 6.62. The van der Waals surface area contributed by atoms with Crippen LogP contribution >= 0.6 is 0 Å². The summed E-state index contributed by atoms with van der Waals surface area (Å²) < 4.78 is 5.82. The fourth-order valence-corrected chi connectivity index (χ4v) is 1.59. The average molecular weight is 250 g/mol. The first kappa shape index (κ1) is 14.8. The van der Waals surface area contributed by atoms with E-state index >= 15 is 0 Å². The van der Waals surface area contributed by atoms with Crippen molar-refractivity contribution in [3.8, 4) is 5.75 Å². The molecule has 1 atom stereocenters. The lowest BCUT2D eigenvalue weighted by atomic mass is 10.2. The Bertz CT molecular complexity index is 350. The molecule has 0 spiro atoms. The van der Waals surface area contributed by atoms with E-state index in [2.05, 4.69) is 43.1 Å². The molecular formula is C15H26N2O. The average Bonchev–Trinajstić information content (AvgIpc) is 2.34. The third-order valence-electron chi connectivity index (χ3n) is 2.74. The van der Waals surface area contributed by atoms with E-state index < -0.39 is 0 Å². The maximum atomic E-state index is 5.82. The van der Waals surface area contributed by atoms with E-state index in [0.717, 1.165) is 18.9 Å². The molecule has 0 aromatic heterocycles. The largest absolute Gasteiger partial charge is 0.493 e. The molecule has 0 saturated carbocycles. The van der Waals surface area contributed by atoms with Gasteiger partial charge in [-0.2, -0.15) is 0 Å². The van der Waals surface area contributed by atoms with Gasteiger partial charge in [0.2, 0.25) is 0 Å². The minimum Gasteiger partial charge on any atom is -0.493 e. The molecule has 102 valence electrons. The Balaban J connectivity index is 2.40. The van der Waals surface area contributed by atoms with Gasteiger partial charge in [-0.3, -0.25) is 0 Å². The number of benzene rings is 1. The smallest absolute Gasteiger partial charge is 0.121 e.